The Morgan fingerprint density at radius 3 is 2.42 bits per heavy atom. The first kappa shape index (κ1) is 17.1. The van der Waals surface area contributed by atoms with Crippen LogP contribution in [-0.2, 0) is 0 Å². The molecule has 0 bridgehead atoms. The topological polar surface area (TPSA) is 58.4 Å². The SMILES string of the molecule is NC(=O)N1CCC(N[C@H](c2ccc(F)cc2F)C2CCCC2)CC1. The summed E-state index contributed by atoms with van der Waals surface area (Å²) in [5.41, 5.74) is 5.88. The minimum Gasteiger partial charge on any atom is -0.351 e. The number of rotatable bonds is 4. The Labute approximate surface area is 141 Å². The van der Waals surface area contributed by atoms with Gasteiger partial charge in [0.1, 0.15) is 11.6 Å². The smallest absolute Gasteiger partial charge is 0.314 e. The zero-order valence-corrected chi connectivity index (χ0v) is 13.8. The van der Waals surface area contributed by atoms with Gasteiger partial charge < -0.3 is 16.0 Å². The fraction of sp³-hybridized carbons (Fsp3) is 0.611. The maximum Gasteiger partial charge on any atom is 0.314 e. The van der Waals surface area contributed by atoms with Crippen molar-refractivity contribution >= 4 is 6.03 Å². The van der Waals surface area contributed by atoms with Gasteiger partial charge in [-0.15, -0.1) is 0 Å². The van der Waals surface area contributed by atoms with Crippen molar-refractivity contribution in [1.29, 1.82) is 0 Å². The lowest BCUT2D eigenvalue weighted by Gasteiger charge is -2.36. The molecule has 0 aromatic heterocycles. The van der Waals surface area contributed by atoms with Crippen molar-refractivity contribution in [2.75, 3.05) is 13.1 Å². The van der Waals surface area contributed by atoms with Gasteiger partial charge in [-0.05, 0) is 37.7 Å². The molecule has 1 aromatic rings. The average Bonchev–Trinajstić information content (AvgIpc) is 3.08. The van der Waals surface area contributed by atoms with Gasteiger partial charge in [-0.2, -0.15) is 0 Å². The molecule has 24 heavy (non-hydrogen) atoms. The maximum atomic E-state index is 14.3. The van der Waals surface area contributed by atoms with Crippen LogP contribution in [0.4, 0.5) is 13.6 Å². The fourth-order valence-corrected chi connectivity index (χ4v) is 4.04. The van der Waals surface area contributed by atoms with Crippen LogP contribution in [0.25, 0.3) is 0 Å². The van der Waals surface area contributed by atoms with E-state index in [1.54, 1.807) is 11.0 Å². The molecular formula is C18H25F2N3O. The lowest BCUT2D eigenvalue weighted by Crippen LogP contribution is -2.48. The van der Waals surface area contributed by atoms with E-state index in [1.165, 1.54) is 6.07 Å². The van der Waals surface area contributed by atoms with Gasteiger partial charge in [-0.1, -0.05) is 18.9 Å². The number of nitrogens with one attached hydrogen (secondary N) is 1. The van der Waals surface area contributed by atoms with E-state index in [9.17, 15) is 13.6 Å². The largest absolute Gasteiger partial charge is 0.351 e. The molecule has 4 nitrogen and oxygen atoms in total. The number of urea groups is 1. The van der Waals surface area contributed by atoms with Crippen molar-refractivity contribution < 1.29 is 13.6 Å². The van der Waals surface area contributed by atoms with Gasteiger partial charge >= 0.3 is 6.03 Å². The highest BCUT2D eigenvalue weighted by atomic mass is 19.1. The van der Waals surface area contributed by atoms with Gasteiger partial charge in [0.2, 0.25) is 0 Å². The molecule has 3 rings (SSSR count). The summed E-state index contributed by atoms with van der Waals surface area (Å²) in [4.78, 5) is 12.9. The Bertz CT molecular complexity index is 582. The molecule has 1 heterocycles. The lowest BCUT2D eigenvalue weighted by atomic mass is 9.89. The van der Waals surface area contributed by atoms with Crippen molar-refractivity contribution in [3.05, 3.63) is 35.4 Å². The van der Waals surface area contributed by atoms with Crippen LogP contribution in [0.5, 0.6) is 0 Å². The standard InChI is InChI=1S/C18H25F2N3O/c19-13-5-6-15(16(20)11-13)17(12-3-1-2-4-12)22-14-7-9-23(10-8-14)18(21)24/h5-6,11-12,14,17,22H,1-4,7-10H2,(H2,21,24)/t17-/m0/s1. The molecule has 1 aromatic carbocycles. The number of carbonyl (C=O) groups is 1. The quantitative estimate of drug-likeness (QED) is 0.885. The molecule has 1 aliphatic heterocycles. The lowest BCUT2D eigenvalue weighted by molar-refractivity contribution is 0.177. The number of halogens is 2. The number of hydrogen-bond acceptors (Lipinski definition) is 2. The number of amides is 2. The van der Waals surface area contributed by atoms with E-state index in [0.717, 1.165) is 44.6 Å². The molecular weight excluding hydrogens is 312 g/mol. The van der Waals surface area contributed by atoms with E-state index in [-0.39, 0.29) is 18.1 Å². The molecule has 2 aliphatic rings. The number of benzene rings is 1. The summed E-state index contributed by atoms with van der Waals surface area (Å²) in [6.45, 7) is 1.24. The number of hydrogen-bond donors (Lipinski definition) is 2. The molecule has 1 aliphatic carbocycles. The van der Waals surface area contributed by atoms with E-state index < -0.39 is 11.6 Å². The third kappa shape index (κ3) is 3.86. The second kappa shape index (κ2) is 7.47. The van der Waals surface area contributed by atoms with E-state index in [0.29, 0.717) is 24.6 Å². The number of nitrogens with zero attached hydrogens (tertiary/aromatic N) is 1. The highest BCUT2D eigenvalue weighted by Gasteiger charge is 2.31. The van der Waals surface area contributed by atoms with Crippen molar-refractivity contribution in [2.24, 2.45) is 11.7 Å². The number of primary amides is 1. The minimum atomic E-state index is -0.545. The van der Waals surface area contributed by atoms with Gasteiger partial charge in [-0.25, -0.2) is 13.6 Å². The van der Waals surface area contributed by atoms with Crippen molar-refractivity contribution in [1.82, 2.24) is 10.2 Å². The maximum absolute atomic E-state index is 14.3. The number of likely N-dealkylation sites (tertiary alicyclic amines) is 1. The van der Waals surface area contributed by atoms with Gasteiger partial charge in [-0.3, -0.25) is 0 Å². The van der Waals surface area contributed by atoms with E-state index >= 15 is 0 Å². The predicted octanol–water partition coefficient (Wildman–Crippen LogP) is 3.33. The van der Waals surface area contributed by atoms with Crippen LogP contribution < -0.4 is 11.1 Å². The first-order valence-corrected chi connectivity index (χ1v) is 8.80. The van der Waals surface area contributed by atoms with Crippen LogP contribution in [0.15, 0.2) is 18.2 Å². The highest BCUT2D eigenvalue weighted by molar-refractivity contribution is 5.72. The second-order valence-electron chi connectivity index (χ2n) is 6.95. The van der Waals surface area contributed by atoms with E-state index in [4.69, 9.17) is 5.73 Å². The first-order valence-electron chi connectivity index (χ1n) is 8.80. The van der Waals surface area contributed by atoms with Gasteiger partial charge in [0, 0.05) is 36.8 Å². The number of piperidine rings is 1. The summed E-state index contributed by atoms with van der Waals surface area (Å²) in [5.74, 6) is -0.649. The number of nitrogens with two attached hydrogens (primary N) is 1. The third-order valence-electron chi connectivity index (χ3n) is 5.39. The molecule has 2 amide bonds. The van der Waals surface area contributed by atoms with E-state index in [2.05, 4.69) is 5.32 Å². The summed E-state index contributed by atoms with van der Waals surface area (Å²) >= 11 is 0. The molecule has 1 saturated heterocycles. The molecule has 0 unspecified atom stereocenters. The van der Waals surface area contributed by atoms with Crippen LogP contribution in [0.1, 0.15) is 50.1 Å². The van der Waals surface area contributed by atoms with Crippen LogP contribution in [0.2, 0.25) is 0 Å². The Kier molecular flexibility index (Phi) is 5.33. The second-order valence-corrected chi connectivity index (χ2v) is 6.95. The van der Waals surface area contributed by atoms with Crippen LogP contribution >= 0.6 is 0 Å². The molecule has 2 fully saturated rings. The van der Waals surface area contributed by atoms with Gasteiger partial charge in [0.15, 0.2) is 0 Å². The van der Waals surface area contributed by atoms with Gasteiger partial charge in [0.25, 0.3) is 0 Å². The summed E-state index contributed by atoms with van der Waals surface area (Å²) in [6, 6.07) is 3.60. The minimum absolute atomic E-state index is 0.0989. The molecule has 3 N–H and O–H groups in total. The van der Waals surface area contributed by atoms with Crippen LogP contribution in [-0.4, -0.2) is 30.1 Å². The molecule has 1 atom stereocenters. The molecule has 0 spiro atoms. The zero-order valence-electron chi connectivity index (χ0n) is 13.8. The summed E-state index contributed by atoms with van der Waals surface area (Å²) < 4.78 is 27.6. The molecule has 132 valence electrons. The Morgan fingerprint density at radius 1 is 1.17 bits per heavy atom. The average molecular weight is 337 g/mol. The Balaban J connectivity index is 1.72. The Morgan fingerprint density at radius 2 is 1.83 bits per heavy atom. The first-order chi connectivity index (χ1) is 11.5. The summed E-state index contributed by atoms with van der Waals surface area (Å²) in [5, 5.41) is 3.59. The molecule has 6 heteroatoms. The Hall–Kier alpha value is -1.69. The third-order valence-corrected chi connectivity index (χ3v) is 5.39. The molecule has 1 saturated carbocycles. The van der Waals surface area contributed by atoms with Crippen molar-refractivity contribution in [3.63, 3.8) is 0 Å². The predicted molar refractivity (Wildman–Crippen MR) is 88.4 cm³/mol. The normalized spacial score (nSPS) is 21.2. The fourth-order valence-electron chi connectivity index (χ4n) is 4.04. The highest BCUT2D eigenvalue weighted by Crippen LogP contribution is 2.37. The van der Waals surface area contributed by atoms with Crippen molar-refractivity contribution in [2.45, 2.75) is 50.6 Å². The summed E-state index contributed by atoms with van der Waals surface area (Å²) in [7, 11) is 0. The van der Waals surface area contributed by atoms with Crippen molar-refractivity contribution in [3.8, 4) is 0 Å². The van der Waals surface area contributed by atoms with Crippen LogP contribution in [0, 0.1) is 17.6 Å². The monoisotopic (exact) mass is 337 g/mol. The zero-order chi connectivity index (χ0) is 17.1. The molecule has 0 radical (unpaired) electrons. The van der Waals surface area contributed by atoms with E-state index in [1.807, 2.05) is 0 Å². The summed E-state index contributed by atoms with van der Waals surface area (Å²) in [6.07, 6.45) is 6.05. The number of carbonyl (C=O) groups excluding carboxylic acids is 1. The van der Waals surface area contributed by atoms with Crippen LogP contribution in [0.3, 0.4) is 0 Å². The van der Waals surface area contributed by atoms with Gasteiger partial charge in [0.05, 0.1) is 0 Å².